The number of aromatic nitrogens is 2. The molecule has 0 saturated carbocycles. The average Bonchev–Trinajstić information content (AvgIpc) is 3.11. The Balaban J connectivity index is 1.82. The lowest BCUT2D eigenvalue weighted by molar-refractivity contribution is 0.495. The van der Waals surface area contributed by atoms with Crippen molar-refractivity contribution in [3.8, 4) is 0 Å². The Hall–Kier alpha value is -0.750. The van der Waals surface area contributed by atoms with Gasteiger partial charge in [-0.2, -0.15) is 0 Å². The molecule has 0 spiro atoms. The fourth-order valence-electron chi connectivity index (χ4n) is 2.82. The molecule has 2 nitrogen and oxygen atoms in total. The van der Waals surface area contributed by atoms with E-state index in [9.17, 15) is 0 Å². The third-order valence-electron chi connectivity index (χ3n) is 4.20. The quantitative estimate of drug-likeness (QED) is 0.309. The van der Waals surface area contributed by atoms with E-state index in [-0.39, 0.29) is 4.75 Å². The topological polar surface area (TPSA) is 17.8 Å². The molecule has 0 aliphatic carbocycles. The lowest BCUT2D eigenvalue weighted by Gasteiger charge is -2.30. The van der Waals surface area contributed by atoms with Gasteiger partial charge in [0.05, 0.1) is 6.33 Å². The second-order valence-electron chi connectivity index (χ2n) is 6.46. The fourth-order valence-corrected chi connectivity index (χ4v) is 5.67. The van der Waals surface area contributed by atoms with Gasteiger partial charge < -0.3 is 4.57 Å². The van der Waals surface area contributed by atoms with Crippen molar-refractivity contribution in [2.24, 2.45) is 0 Å². The van der Waals surface area contributed by atoms with E-state index in [1.165, 1.54) is 10.5 Å². The highest BCUT2D eigenvalue weighted by Crippen LogP contribution is 2.44. The first kappa shape index (κ1) is 20.0. The Bertz CT molecular complexity index is 833. The molecular formula is C20H19Br2ClN2S. The number of hydrogen-bond acceptors (Lipinski definition) is 2. The minimum Gasteiger partial charge on any atom is -0.336 e. The van der Waals surface area contributed by atoms with Gasteiger partial charge in [-0.25, -0.2) is 4.98 Å². The molecule has 1 aromatic heterocycles. The van der Waals surface area contributed by atoms with Gasteiger partial charge in [0.15, 0.2) is 0 Å². The molecule has 0 fully saturated rings. The van der Waals surface area contributed by atoms with Gasteiger partial charge in [0.2, 0.25) is 0 Å². The van der Waals surface area contributed by atoms with Crippen molar-refractivity contribution in [3.63, 3.8) is 0 Å². The zero-order chi connectivity index (χ0) is 18.6. The van der Waals surface area contributed by atoms with E-state index in [2.05, 4.69) is 72.6 Å². The van der Waals surface area contributed by atoms with Crippen LogP contribution in [0.15, 0.2) is 75.0 Å². The van der Waals surface area contributed by atoms with Gasteiger partial charge in [-0.05, 0) is 81.5 Å². The number of hydrogen-bond donors (Lipinski definition) is 0. The predicted molar refractivity (Wildman–Crippen MR) is 118 cm³/mol. The highest BCUT2D eigenvalue weighted by molar-refractivity contribution is 9.11. The molecular weight excluding hydrogens is 496 g/mol. The molecule has 3 aromatic rings. The standard InChI is InChI=1S/C20H19Br2ClN2S/c1-20(13-25-12-11-24-14-25,10-9-15-5-7-16(23)8-6-15)26-19-17(21)3-2-4-18(19)22/h2-8,11-12,14H,9-10,13H2,1H3. The van der Waals surface area contributed by atoms with E-state index in [1.807, 2.05) is 48.7 Å². The summed E-state index contributed by atoms with van der Waals surface area (Å²) in [5.74, 6) is 0. The molecule has 0 saturated heterocycles. The second kappa shape index (κ2) is 8.96. The van der Waals surface area contributed by atoms with Crippen LogP contribution in [0.1, 0.15) is 18.9 Å². The van der Waals surface area contributed by atoms with Crippen molar-refractivity contribution in [1.82, 2.24) is 9.55 Å². The summed E-state index contributed by atoms with van der Waals surface area (Å²) in [6, 6.07) is 14.4. The smallest absolute Gasteiger partial charge is 0.0946 e. The molecule has 0 radical (unpaired) electrons. The SMILES string of the molecule is CC(CCc1ccc(Cl)cc1)(Cn1ccnc1)Sc1c(Br)cccc1Br. The first-order valence-corrected chi connectivity index (χ1v) is 11.1. The van der Waals surface area contributed by atoms with Gasteiger partial charge in [-0.15, -0.1) is 11.8 Å². The number of nitrogens with zero attached hydrogens (tertiary/aromatic N) is 2. The van der Waals surface area contributed by atoms with Crippen LogP contribution in [-0.4, -0.2) is 14.3 Å². The fraction of sp³-hybridized carbons (Fsp3) is 0.250. The number of benzene rings is 2. The Morgan fingerprint density at radius 2 is 1.81 bits per heavy atom. The van der Waals surface area contributed by atoms with Crippen LogP contribution in [0.3, 0.4) is 0 Å². The summed E-state index contributed by atoms with van der Waals surface area (Å²) in [5, 5.41) is 0.779. The van der Waals surface area contributed by atoms with Crippen LogP contribution >= 0.6 is 55.2 Å². The summed E-state index contributed by atoms with van der Waals surface area (Å²) in [7, 11) is 0. The highest BCUT2D eigenvalue weighted by Gasteiger charge is 2.28. The van der Waals surface area contributed by atoms with Crippen LogP contribution in [0, 0.1) is 0 Å². The molecule has 1 heterocycles. The lowest BCUT2D eigenvalue weighted by Crippen LogP contribution is -2.27. The van der Waals surface area contributed by atoms with Crippen LogP contribution in [0.25, 0.3) is 0 Å². The van der Waals surface area contributed by atoms with E-state index in [0.717, 1.165) is 33.4 Å². The number of rotatable bonds is 7. The Kier molecular flexibility index (Phi) is 6.89. The highest BCUT2D eigenvalue weighted by atomic mass is 79.9. The number of imidazole rings is 1. The Labute approximate surface area is 180 Å². The predicted octanol–water partition coefficient (Wildman–Crippen LogP) is 7.25. The van der Waals surface area contributed by atoms with Gasteiger partial charge >= 0.3 is 0 Å². The van der Waals surface area contributed by atoms with Crippen LogP contribution in [-0.2, 0) is 13.0 Å². The molecule has 136 valence electrons. The molecule has 0 aliphatic rings. The lowest BCUT2D eigenvalue weighted by atomic mass is 10.00. The third kappa shape index (κ3) is 5.38. The summed E-state index contributed by atoms with van der Waals surface area (Å²) in [5.41, 5.74) is 1.30. The first-order chi connectivity index (χ1) is 12.5. The second-order valence-corrected chi connectivity index (χ2v) is 10.2. The van der Waals surface area contributed by atoms with E-state index in [1.54, 1.807) is 0 Å². The Morgan fingerprint density at radius 1 is 1.12 bits per heavy atom. The number of aryl methyl sites for hydroxylation is 1. The maximum atomic E-state index is 6.01. The largest absolute Gasteiger partial charge is 0.336 e. The number of thioether (sulfide) groups is 1. The molecule has 1 unspecified atom stereocenters. The van der Waals surface area contributed by atoms with Gasteiger partial charge in [-0.1, -0.05) is 29.8 Å². The van der Waals surface area contributed by atoms with E-state index >= 15 is 0 Å². The van der Waals surface area contributed by atoms with Crippen LogP contribution in [0.2, 0.25) is 5.02 Å². The van der Waals surface area contributed by atoms with Gasteiger partial charge in [0.1, 0.15) is 0 Å². The molecule has 0 aliphatic heterocycles. The van der Waals surface area contributed by atoms with Gasteiger partial charge in [0.25, 0.3) is 0 Å². The van der Waals surface area contributed by atoms with Gasteiger partial charge in [0, 0.05) is 42.5 Å². The van der Waals surface area contributed by atoms with Crippen molar-refractivity contribution in [1.29, 1.82) is 0 Å². The molecule has 0 bridgehead atoms. The molecule has 6 heteroatoms. The van der Waals surface area contributed by atoms with Gasteiger partial charge in [-0.3, -0.25) is 0 Å². The third-order valence-corrected chi connectivity index (χ3v) is 7.77. The van der Waals surface area contributed by atoms with Crippen molar-refractivity contribution in [3.05, 3.63) is 80.7 Å². The van der Waals surface area contributed by atoms with Crippen molar-refractivity contribution in [2.75, 3.05) is 0 Å². The van der Waals surface area contributed by atoms with Crippen molar-refractivity contribution < 1.29 is 0 Å². The van der Waals surface area contributed by atoms with Crippen LogP contribution < -0.4 is 0 Å². The molecule has 0 N–H and O–H groups in total. The van der Waals surface area contributed by atoms with E-state index in [4.69, 9.17) is 11.6 Å². The summed E-state index contributed by atoms with van der Waals surface area (Å²) in [6.45, 7) is 3.21. The average molecular weight is 515 g/mol. The molecule has 2 aromatic carbocycles. The zero-order valence-electron chi connectivity index (χ0n) is 14.3. The molecule has 3 rings (SSSR count). The Morgan fingerprint density at radius 3 is 2.42 bits per heavy atom. The van der Waals surface area contributed by atoms with Crippen LogP contribution in [0.5, 0.6) is 0 Å². The molecule has 26 heavy (non-hydrogen) atoms. The maximum absolute atomic E-state index is 6.01. The summed E-state index contributed by atoms with van der Waals surface area (Å²) >= 11 is 15.3. The number of halogens is 3. The normalized spacial score (nSPS) is 13.5. The minimum atomic E-state index is 0.00668. The maximum Gasteiger partial charge on any atom is 0.0946 e. The zero-order valence-corrected chi connectivity index (χ0v) is 19.1. The summed E-state index contributed by atoms with van der Waals surface area (Å²) < 4.78 is 4.38. The van der Waals surface area contributed by atoms with Crippen LogP contribution in [0.4, 0.5) is 0 Å². The van der Waals surface area contributed by atoms with E-state index in [0.29, 0.717) is 0 Å². The van der Waals surface area contributed by atoms with Crippen molar-refractivity contribution >= 4 is 55.2 Å². The summed E-state index contributed by atoms with van der Waals surface area (Å²) in [6.07, 6.45) is 7.77. The monoisotopic (exact) mass is 512 g/mol. The first-order valence-electron chi connectivity index (χ1n) is 8.28. The summed E-state index contributed by atoms with van der Waals surface area (Å²) in [4.78, 5) is 5.42. The van der Waals surface area contributed by atoms with Crippen molar-refractivity contribution in [2.45, 2.75) is 36.0 Å². The van der Waals surface area contributed by atoms with E-state index < -0.39 is 0 Å². The molecule has 0 amide bonds. The molecule has 1 atom stereocenters. The minimum absolute atomic E-state index is 0.00668.